The maximum absolute atomic E-state index is 15.1. The highest BCUT2D eigenvalue weighted by Gasteiger charge is 2.34. The molecule has 2 aliphatic heterocycles. The molecule has 2 aliphatic rings. The second-order valence-corrected chi connectivity index (χ2v) is 8.84. The molecule has 0 bridgehead atoms. The average molecular weight is 532 g/mol. The van der Waals surface area contributed by atoms with Crippen LogP contribution in [0, 0.1) is 11.6 Å². The molecule has 2 atom stereocenters. The van der Waals surface area contributed by atoms with Crippen LogP contribution in [-0.4, -0.2) is 68.9 Å². The third-order valence-corrected chi connectivity index (χ3v) is 6.04. The van der Waals surface area contributed by atoms with Crippen LogP contribution in [0.5, 0.6) is 0 Å². The van der Waals surface area contributed by atoms with Gasteiger partial charge in [-0.1, -0.05) is 0 Å². The van der Waals surface area contributed by atoms with E-state index in [1.807, 2.05) is 0 Å². The molecule has 13 heteroatoms. The first kappa shape index (κ1) is 26.8. The number of nitrogens with two attached hydrogens (primary N) is 1. The van der Waals surface area contributed by atoms with Crippen molar-refractivity contribution in [2.75, 3.05) is 42.5 Å². The normalized spacial score (nSPS) is 18.8. The summed E-state index contributed by atoms with van der Waals surface area (Å²) in [5.74, 6) is -2.06. The Labute approximate surface area is 216 Å². The number of hydrogen-bond donors (Lipinski definition) is 3. The van der Waals surface area contributed by atoms with Gasteiger partial charge in [-0.25, -0.2) is 18.4 Å². The van der Waals surface area contributed by atoms with E-state index in [0.29, 0.717) is 0 Å². The molecule has 2 aromatic carbocycles. The van der Waals surface area contributed by atoms with Crippen molar-refractivity contribution in [1.82, 2.24) is 10.6 Å². The van der Waals surface area contributed by atoms with E-state index >= 15 is 8.78 Å². The highest BCUT2D eigenvalue weighted by Crippen LogP contribution is 2.33. The van der Waals surface area contributed by atoms with Crippen LogP contribution >= 0.6 is 0 Å². The fourth-order valence-corrected chi connectivity index (χ4v) is 4.16. The third kappa shape index (κ3) is 5.99. The molecule has 0 radical (unpaired) electrons. The van der Waals surface area contributed by atoms with Gasteiger partial charge >= 0.3 is 12.2 Å². The maximum atomic E-state index is 15.1. The van der Waals surface area contributed by atoms with Gasteiger partial charge in [0.2, 0.25) is 11.8 Å². The van der Waals surface area contributed by atoms with Gasteiger partial charge in [0.05, 0.1) is 37.6 Å². The number of ether oxygens (including phenoxy) is 2. The predicted molar refractivity (Wildman–Crippen MR) is 132 cm³/mol. The smallest absolute Gasteiger partial charge is 0.414 e. The Kier molecular flexibility index (Phi) is 8.05. The van der Waals surface area contributed by atoms with Gasteiger partial charge in [-0.2, -0.15) is 0 Å². The lowest BCUT2D eigenvalue weighted by Gasteiger charge is -2.16. The van der Waals surface area contributed by atoms with Crippen molar-refractivity contribution in [3.05, 3.63) is 48.0 Å². The van der Waals surface area contributed by atoms with Gasteiger partial charge in [0.1, 0.15) is 23.8 Å². The zero-order chi connectivity index (χ0) is 27.4. The fraction of sp³-hybridized carbons (Fsp3) is 0.360. The summed E-state index contributed by atoms with van der Waals surface area (Å²) >= 11 is 0. The molecule has 0 aliphatic carbocycles. The minimum Gasteiger partial charge on any atom is -0.442 e. The van der Waals surface area contributed by atoms with E-state index in [2.05, 4.69) is 10.6 Å². The van der Waals surface area contributed by atoms with Crippen LogP contribution in [0.15, 0.2) is 36.4 Å². The Morgan fingerprint density at radius 2 is 1.37 bits per heavy atom. The number of hydrogen-bond acceptors (Lipinski definition) is 7. The molecule has 38 heavy (non-hydrogen) atoms. The monoisotopic (exact) mass is 531 g/mol. The number of amides is 4. The lowest BCUT2D eigenvalue weighted by atomic mass is 10.0. The molecule has 0 unspecified atom stereocenters. The van der Waals surface area contributed by atoms with Crippen molar-refractivity contribution in [2.45, 2.75) is 25.6 Å². The molecule has 4 rings (SSSR count). The Hall–Kier alpha value is -4.26. The van der Waals surface area contributed by atoms with Crippen LogP contribution in [-0.2, 0) is 19.1 Å². The number of nitrogens with zero attached hydrogens (tertiary/aromatic N) is 2. The highest BCUT2D eigenvalue weighted by atomic mass is 19.1. The lowest BCUT2D eigenvalue weighted by Crippen LogP contribution is -2.35. The number of nitrogens with one attached hydrogen (secondary N) is 2. The van der Waals surface area contributed by atoms with Crippen LogP contribution in [0.25, 0.3) is 11.1 Å². The molecule has 4 N–H and O–H groups in total. The number of halogens is 2. The molecular weight excluding hydrogens is 504 g/mol. The van der Waals surface area contributed by atoms with E-state index in [9.17, 15) is 19.2 Å². The quantitative estimate of drug-likeness (QED) is 0.448. The number of cyclic esters (lactones) is 2. The average Bonchev–Trinajstić information content (AvgIpc) is 3.43. The first-order valence-electron chi connectivity index (χ1n) is 11.9. The Morgan fingerprint density at radius 3 is 1.79 bits per heavy atom. The van der Waals surface area contributed by atoms with Crippen molar-refractivity contribution < 1.29 is 37.4 Å². The molecule has 0 saturated carbocycles. The van der Waals surface area contributed by atoms with Crippen LogP contribution in [0.1, 0.15) is 13.3 Å². The van der Waals surface area contributed by atoms with E-state index in [1.165, 1.54) is 41.0 Å². The van der Waals surface area contributed by atoms with Gasteiger partial charge in [0.25, 0.3) is 0 Å². The first-order valence-corrected chi connectivity index (χ1v) is 11.9. The molecule has 11 nitrogen and oxygen atoms in total. The number of carbonyl (C=O) groups is 4. The summed E-state index contributed by atoms with van der Waals surface area (Å²) in [5, 5.41) is 5.18. The highest BCUT2D eigenvalue weighted by molar-refractivity contribution is 5.91. The van der Waals surface area contributed by atoms with E-state index in [1.54, 1.807) is 0 Å². The lowest BCUT2D eigenvalue weighted by molar-refractivity contribution is -0.121. The standard InChI is InChI=1S/C25H27F2N5O6/c1-14(33)29-10-17-12-31(24(35)37-17)15-2-4-19(21(26)8-15)20-5-3-16(9-22(20)27)32-13-18(38-25(32)36)11-30-23(34)6-7-28/h2-5,8-9,17-18H,6-7,10-13,28H2,1H3,(H,29,33)(H,30,34)/t17-,18-/m0/s1. The number of carbonyl (C=O) groups excluding carboxylic acids is 4. The van der Waals surface area contributed by atoms with Crippen LogP contribution < -0.4 is 26.2 Å². The summed E-state index contributed by atoms with van der Waals surface area (Å²) in [4.78, 5) is 49.6. The van der Waals surface area contributed by atoms with E-state index in [4.69, 9.17) is 15.2 Å². The van der Waals surface area contributed by atoms with Gasteiger partial charge in [-0.3, -0.25) is 19.4 Å². The molecule has 202 valence electrons. The minimum absolute atomic E-state index is 0.0374. The molecule has 0 aromatic heterocycles. The predicted octanol–water partition coefficient (Wildman–Crippen LogP) is 1.88. The van der Waals surface area contributed by atoms with E-state index in [-0.39, 0.29) is 73.5 Å². The van der Waals surface area contributed by atoms with Crippen molar-refractivity contribution in [3.63, 3.8) is 0 Å². The Bertz CT molecular complexity index is 1260. The molecule has 4 amide bonds. The topological polar surface area (TPSA) is 143 Å². The zero-order valence-corrected chi connectivity index (χ0v) is 20.5. The number of rotatable bonds is 9. The van der Waals surface area contributed by atoms with Gasteiger partial charge < -0.3 is 25.8 Å². The molecule has 2 saturated heterocycles. The number of anilines is 2. The zero-order valence-electron chi connectivity index (χ0n) is 20.5. The van der Waals surface area contributed by atoms with Gasteiger partial charge in [0.15, 0.2) is 0 Å². The maximum Gasteiger partial charge on any atom is 0.414 e. The van der Waals surface area contributed by atoms with Gasteiger partial charge in [-0.15, -0.1) is 0 Å². The van der Waals surface area contributed by atoms with Gasteiger partial charge in [0, 0.05) is 31.0 Å². The third-order valence-electron chi connectivity index (χ3n) is 6.04. The summed E-state index contributed by atoms with van der Waals surface area (Å²) in [6, 6.07) is 7.83. The number of benzene rings is 2. The van der Waals surface area contributed by atoms with Crippen molar-refractivity contribution in [3.8, 4) is 11.1 Å². The second-order valence-electron chi connectivity index (χ2n) is 8.84. The summed E-state index contributed by atoms with van der Waals surface area (Å²) < 4.78 is 40.5. The Balaban J connectivity index is 1.44. The van der Waals surface area contributed by atoms with Crippen LogP contribution in [0.3, 0.4) is 0 Å². The van der Waals surface area contributed by atoms with Crippen molar-refractivity contribution >= 4 is 35.4 Å². The molecule has 2 fully saturated rings. The summed E-state index contributed by atoms with van der Waals surface area (Å²) in [6.07, 6.45) is -2.43. The fourth-order valence-electron chi connectivity index (χ4n) is 4.16. The van der Waals surface area contributed by atoms with Crippen LogP contribution in [0.2, 0.25) is 0 Å². The minimum atomic E-state index is -0.766. The first-order chi connectivity index (χ1) is 18.2. The summed E-state index contributed by atoms with van der Waals surface area (Å²) in [5.41, 5.74) is 5.70. The summed E-state index contributed by atoms with van der Waals surface area (Å²) in [6.45, 7) is 1.97. The SMILES string of the molecule is CC(=O)NC[C@H]1CN(c2ccc(-c3ccc(N4C[C@H](CNC(=O)CCN)OC4=O)cc3F)c(F)c2)C(=O)O1. The second kappa shape index (κ2) is 11.4. The summed E-state index contributed by atoms with van der Waals surface area (Å²) in [7, 11) is 0. The van der Waals surface area contributed by atoms with E-state index < -0.39 is 36.0 Å². The molecule has 2 heterocycles. The Morgan fingerprint density at radius 1 is 0.895 bits per heavy atom. The van der Waals surface area contributed by atoms with Crippen molar-refractivity contribution in [1.29, 1.82) is 0 Å². The van der Waals surface area contributed by atoms with E-state index in [0.717, 1.165) is 12.1 Å². The van der Waals surface area contributed by atoms with Crippen LogP contribution in [0.4, 0.5) is 29.7 Å². The molecular formula is C25H27F2N5O6. The molecule has 2 aromatic rings. The largest absolute Gasteiger partial charge is 0.442 e. The van der Waals surface area contributed by atoms with Gasteiger partial charge in [-0.05, 0) is 36.4 Å². The van der Waals surface area contributed by atoms with Crippen molar-refractivity contribution in [2.24, 2.45) is 5.73 Å². The molecule has 0 spiro atoms.